The summed E-state index contributed by atoms with van der Waals surface area (Å²) in [4.78, 5) is 14.4. The Bertz CT molecular complexity index is 1090. The second-order valence-corrected chi connectivity index (χ2v) is 8.57. The third-order valence-corrected chi connectivity index (χ3v) is 5.64. The van der Waals surface area contributed by atoms with Crippen LogP contribution >= 0.6 is 0 Å². The lowest BCUT2D eigenvalue weighted by atomic mass is 9.85. The van der Waals surface area contributed by atoms with Crippen LogP contribution in [0.2, 0.25) is 0 Å². The summed E-state index contributed by atoms with van der Waals surface area (Å²) in [5, 5.41) is 9.88. The van der Waals surface area contributed by atoms with Crippen LogP contribution in [0.1, 0.15) is 30.0 Å². The molecule has 0 spiro atoms. The molecule has 0 fully saturated rings. The number of carbonyl (C=O) groups is 1. The Morgan fingerprint density at radius 1 is 0.882 bits per heavy atom. The summed E-state index contributed by atoms with van der Waals surface area (Å²) >= 11 is 0. The van der Waals surface area contributed by atoms with Gasteiger partial charge in [0.05, 0.1) is 13.0 Å². The molecule has 0 radical (unpaired) electrons. The Hall–Kier alpha value is -3.57. The molecule has 1 N–H and O–H groups in total. The van der Waals surface area contributed by atoms with Gasteiger partial charge in [-0.1, -0.05) is 61.5 Å². The normalized spacial score (nSPS) is 12.7. The number of allylic oxidation sites excluding steroid dienone is 1. The number of hydrogen-bond acceptors (Lipinski definition) is 5. The molecule has 5 nitrogen and oxygen atoms in total. The highest BCUT2D eigenvalue weighted by Gasteiger charge is 2.21. The minimum atomic E-state index is -0.319. The SMILES string of the molecule is COC(=O)C(C)C/C(=C(\c1ccc(O)cc1)c1ccc(OCCN(C)C)cc1)c1ccccc1. The average Bonchev–Trinajstić information content (AvgIpc) is 2.85. The van der Waals surface area contributed by atoms with Gasteiger partial charge in [-0.25, -0.2) is 0 Å². The summed E-state index contributed by atoms with van der Waals surface area (Å²) in [5.74, 6) is 0.445. The number of phenols is 1. The molecule has 0 amide bonds. The summed E-state index contributed by atoms with van der Waals surface area (Å²) in [6.07, 6.45) is 0.508. The second kappa shape index (κ2) is 12.1. The quantitative estimate of drug-likeness (QED) is 0.321. The number of benzene rings is 3. The summed E-state index contributed by atoms with van der Waals surface area (Å²) in [5.41, 5.74) is 5.02. The number of ether oxygens (including phenoxy) is 2. The number of nitrogens with zero attached hydrogens (tertiary/aromatic N) is 1. The van der Waals surface area contributed by atoms with Crippen molar-refractivity contribution in [3.8, 4) is 11.5 Å². The number of likely N-dealkylation sites (N-methyl/N-ethyl adjacent to an activating group) is 1. The van der Waals surface area contributed by atoms with E-state index in [2.05, 4.69) is 17.0 Å². The molecule has 0 aliphatic heterocycles. The first kappa shape index (κ1) is 25.1. The van der Waals surface area contributed by atoms with Gasteiger partial charge in [0.15, 0.2) is 0 Å². The molecule has 5 heteroatoms. The van der Waals surface area contributed by atoms with E-state index < -0.39 is 0 Å². The molecule has 34 heavy (non-hydrogen) atoms. The Morgan fingerprint density at radius 2 is 1.47 bits per heavy atom. The van der Waals surface area contributed by atoms with Crippen molar-refractivity contribution >= 4 is 17.1 Å². The molecule has 1 unspecified atom stereocenters. The maximum atomic E-state index is 12.3. The van der Waals surface area contributed by atoms with E-state index in [4.69, 9.17) is 9.47 Å². The third kappa shape index (κ3) is 6.72. The third-order valence-electron chi connectivity index (χ3n) is 5.64. The van der Waals surface area contributed by atoms with E-state index in [-0.39, 0.29) is 17.6 Å². The Kier molecular flexibility index (Phi) is 8.88. The van der Waals surface area contributed by atoms with Gasteiger partial charge in [-0.05, 0) is 72.6 Å². The van der Waals surface area contributed by atoms with Gasteiger partial charge in [0.1, 0.15) is 18.1 Å². The van der Waals surface area contributed by atoms with Crippen molar-refractivity contribution in [2.24, 2.45) is 5.92 Å². The molecule has 0 saturated heterocycles. The van der Waals surface area contributed by atoms with Gasteiger partial charge < -0.3 is 19.5 Å². The van der Waals surface area contributed by atoms with Crippen LogP contribution in [0, 0.1) is 5.92 Å². The van der Waals surface area contributed by atoms with Gasteiger partial charge in [0, 0.05) is 6.54 Å². The summed E-state index contributed by atoms with van der Waals surface area (Å²) in [6, 6.07) is 25.3. The predicted molar refractivity (Wildman–Crippen MR) is 137 cm³/mol. The topological polar surface area (TPSA) is 59.0 Å². The van der Waals surface area contributed by atoms with E-state index >= 15 is 0 Å². The number of aromatic hydroxyl groups is 1. The van der Waals surface area contributed by atoms with Crippen LogP contribution in [-0.4, -0.2) is 50.3 Å². The van der Waals surface area contributed by atoms with Gasteiger partial charge in [-0.3, -0.25) is 4.79 Å². The molecule has 3 aromatic carbocycles. The van der Waals surface area contributed by atoms with Crippen LogP contribution in [0.5, 0.6) is 11.5 Å². The highest BCUT2D eigenvalue weighted by Crippen LogP contribution is 2.37. The van der Waals surface area contributed by atoms with Crippen molar-refractivity contribution in [2.75, 3.05) is 34.4 Å². The molecular weight excluding hydrogens is 426 g/mol. The zero-order valence-corrected chi connectivity index (χ0v) is 20.3. The molecular formula is C29H33NO4. The summed E-state index contributed by atoms with van der Waals surface area (Å²) < 4.78 is 10.9. The number of esters is 1. The van der Waals surface area contributed by atoms with Crippen molar-refractivity contribution in [3.63, 3.8) is 0 Å². The zero-order valence-electron chi connectivity index (χ0n) is 20.3. The second-order valence-electron chi connectivity index (χ2n) is 8.57. The first-order valence-electron chi connectivity index (χ1n) is 11.4. The highest BCUT2D eigenvalue weighted by atomic mass is 16.5. The van der Waals surface area contributed by atoms with Crippen molar-refractivity contribution in [1.82, 2.24) is 4.90 Å². The van der Waals surface area contributed by atoms with Crippen molar-refractivity contribution in [2.45, 2.75) is 13.3 Å². The van der Waals surface area contributed by atoms with Crippen LogP contribution in [0.4, 0.5) is 0 Å². The largest absolute Gasteiger partial charge is 0.508 e. The molecule has 0 heterocycles. The van der Waals surface area contributed by atoms with Crippen LogP contribution in [0.3, 0.4) is 0 Å². The first-order chi connectivity index (χ1) is 16.4. The van der Waals surface area contributed by atoms with Crippen molar-refractivity contribution in [1.29, 1.82) is 0 Å². The van der Waals surface area contributed by atoms with Crippen LogP contribution in [-0.2, 0) is 9.53 Å². The summed E-state index contributed by atoms with van der Waals surface area (Å²) in [6.45, 7) is 3.33. The number of methoxy groups -OCH3 is 1. The van der Waals surface area contributed by atoms with Crippen molar-refractivity contribution < 1.29 is 19.4 Å². The standard InChI is InChI=1S/C29H33NO4/c1-21(29(32)33-4)20-27(22-8-6-5-7-9-22)28(23-10-14-25(31)15-11-23)24-12-16-26(17-13-24)34-19-18-30(2)3/h5-17,21,31H,18-20H2,1-4H3/b28-27-. The fraction of sp³-hybridized carbons (Fsp3) is 0.276. The number of carbonyl (C=O) groups excluding carboxylic acids is 1. The van der Waals surface area contributed by atoms with E-state index in [1.54, 1.807) is 12.1 Å². The molecule has 0 saturated carbocycles. The van der Waals surface area contributed by atoms with E-state index in [0.717, 1.165) is 40.1 Å². The maximum Gasteiger partial charge on any atom is 0.308 e. The van der Waals surface area contributed by atoms with Gasteiger partial charge in [0.2, 0.25) is 0 Å². The average molecular weight is 460 g/mol. The smallest absolute Gasteiger partial charge is 0.308 e. The van der Waals surface area contributed by atoms with Crippen LogP contribution < -0.4 is 4.74 Å². The minimum absolute atomic E-state index is 0.205. The number of phenolic OH excluding ortho intramolecular Hbond substituents is 1. The monoisotopic (exact) mass is 459 g/mol. The Balaban J connectivity index is 2.11. The van der Waals surface area contributed by atoms with E-state index in [1.165, 1.54) is 7.11 Å². The lowest BCUT2D eigenvalue weighted by molar-refractivity contribution is -0.144. The Morgan fingerprint density at radius 3 is 2.03 bits per heavy atom. The minimum Gasteiger partial charge on any atom is -0.508 e. The predicted octanol–water partition coefficient (Wildman–Crippen LogP) is 5.49. The van der Waals surface area contributed by atoms with Gasteiger partial charge in [-0.15, -0.1) is 0 Å². The fourth-order valence-electron chi connectivity index (χ4n) is 3.80. The van der Waals surface area contributed by atoms with E-state index in [9.17, 15) is 9.90 Å². The molecule has 3 rings (SSSR count). The lowest BCUT2D eigenvalue weighted by Gasteiger charge is -2.20. The fourth-order valence-corrected chi connectivity index (χ4v) is 3.80. The lowest BCUT2D eigenvalue weighted by Crippen LogP contribution is -2.19. The molecule has 178 valence electrons. The molecule has 0 bridgehead atoms. The van der Waals surface area contributed by atoms with Gasteiger partial charge in [0.25, 0.3) is 0 Å². The van der Waals surface area contributed by atoms with Crippen LogP contribution in [0.25, 0.3) is 11.1 Å². The van der Waals surface area contributed by atoms with Gasteiger partial charge in [-0.2, -0.15) is 0 Å². The Labute approximate surface area is 202 Å². The zero-order chi connectivity index (χ0) is 24.5. The van der Waals surface area contributed by atoms with E-state index in [1.807, 2.05) is 75.6 Å². The molecule has 3 aromatic rings. The highest BCUT2D eigenvalue weighted by molar-refractivity contribution is 5.99. The first-order valence-corrected chi connectivity index (χ1v) is 11.4. The number of rotatable bonds is 10. The van der Waals surface area contributed by atoms with Crippen LogP contribution in [0.15, 0.2) is 78.9 Å². The number of hydrogen-bond donors (Lipinski definition) is 1. The van der Waals surface area contributed by atoms with Crippen molar-refractivity contribution in [3.05, 3.63) is 95.6 Å². The summed E-state index contributed by atoms with van der Waals surface area (Å²) in [7, 11) is 5.45. The van der Waals surface area contributed by atoms with E-state index in [0.29, 0.717) is 13.0 Å². The maximum absolute atomic E-state index is 12.3. The van der Waals surface area contributed by atoms with Gasteiger partial charge >= 0.3 is 5.97 Å². The molecule has 0 aromatic heterocycles. The molecule has 1 atom stereocenters. The molecule has 0 aliphatic carbocycles. The molecule has 0 aliphatic rings.